The second-order valence-electron chi connectivity index (χ2n) is 8.25. The highest BCUT2D eigenvalue weighted by Gasteiger charge is 2.12. The summed E-state index contributed by atoms with van der Waals surface area (Å²) < 4.78 is 11.2. The van der Waals surface area contributed by atoms with E-state index in [-0.39, 0.29) is 5.91 Å². The Labute approximate surface area is 210 Å². The van der Waals surface area contributed by atoms with Crippen molar-refractivity contribution in [3.05, 3.63) is 119 Å². The number of nitrogens with one attached hydrogen (secondary N) is 2. The lowest BCUT2D eigenvalue weighted by atomic mass is 10.0. The first kappa shape index (κ1) is 24.5. The van der Waals surface area contributed by atoms with Crippen molar-refractivity contribution < 1.29 is 19.1 Å². The molecule has 36 heavy (non-hydrogen) atoms. The largest absolute Gasteiger partial charge is 0.497 e. The Kier molecular flexibility index (Phi) is 7.98. The van der Waals surface area contributed by atoms with Crippen LogP contribution in [-0.4, -0.2) is 26.4 Å². The predicted octanol–water partition coefficient (Wildman–Crippen LogP) is 5.86. The van der Waals surface area contributed by atoms with Crippen LogP contribution in [0.1, 0.15) is 37.4 Å². The summed E-state index contributed by atoms with van der Waals surface area (Å²) in [5, 5.41) is 6.05. The molecule has 0 fully saturated rings. The fraction of sp³-hybridized carbons (Fsp3) is 0.133. The molecule has 0 saturated carbocycles. The zero-order chi connectivity index (χ0) is 25.3. The summed E-state index contributed by atoms with van der Waals surface area (Å²) in [7, 11) is 3.41. The number of methoxy groups -OCH3 is 1. The van der Waals surface area contributed by atoms with E-state index in [1.54, 1.807) is 56.6 Å². The van der Waals surface area contributed by atoms with Crippen LogP contribution >= 0.6 is 0 Å². The van der Waals surface area contributed by atoms with Crippen molar-refractivity contribution in [2.75, 3.05) is 19.5 Å². The van der Waals surface area contributed by atoms with Crippen molar-refractivity contribution in [1.29, 1.82) is 0 Å². The van der Waals surface area contributed by atoms with Crippen LogP contribution < -0.4 is 20.1 Å². The molecule has 0 aliphatic carbocycles. The molecule has 6 heteroatoms. The molecular weight excluding hydrogens is 452 g/mol. The number of amides is 1. The fourth-order valence-corrected chi connectivity index (χ4v) is 3.86. The Morgan fingerprint density at radius 3 is 2.36 bits per heavy atom. The van der Waals surface area contributed by atoms with Crippen LogP contribution in [0.15, 0.2) is 91.0 Å². The van der Waals surface area contributed by atoms with E-state index in [0.29, 0.717) is 34.9 Å². The van der Waals surface area contributed by atoms with Crippen molar-refractivity contribution in [2.45, 2.75) is 13.0 Å². The first-order valence-corrected chi connectivity index (χ1v) is 11.6. The number of hydrogen-bond acceptors (Lipinski definition) is 5. The highest BCUT2D eigenvalue weighted by molar-refractivity contribution is 5.95. The number of hydrogen-bond donors (Lipinski definition) is 2. The molecule has 2 N–H and O–H groups in total. The lowest BCUT2D eigenvalue weighted by molar-refractivity contribution is 0.0950. The van der Waals surface area contributed by atoms with Gasteiger partial charge < -0.3 is 20.1 Å². The van der Waals surface area contributed by atoms with Gasteiger partial charge in [-0.25, -0.2) is 0 Å². The Hall–Kier alpha value is -4.58. The van der Waals surface area contributed by atoms with Gasteiger partial charge in [0.1, 0.15) is 11.5 Å². The van der Waals surface area contributed by atoms with Gasteiger partial charge in [0, 0.05) is 19.2 Å². The Morgan fingerprint density at radius 1 is 0.833 bits per heavy atom. The molecule has 6 nitrogen and oxygen atoms in total. The summed E-state index contributed by atoms with van der Waals surface area (Å²) in [5.74, 6) is 1.62. The van der Waals surface area contributed by atoms with Gasteiger partial charge in [-0.1, -0.05) is 48.5 Å². The standard InChI is InChI=1S/C30H28N2O4/c1-31-27-18-24(12-15-29(27)36-28-9-4-3-8-25(28)20-33)30(34)32-19-23-7-5-6-22(17-23)16-21-10-13-26(35-2)14-11-21/h3-15,17-18,20,31H,16,19H2,1-2H3,(H,32,34). The van der Waals surface area contributed by atoms with Crippen molar-refractivity contribution in [1.82, 2.24) is 5.32 Å². The van der Waals surface area contributed by atoms with Crippen molar-refractivity contribution in [2.24, 2.45) is 0 Å². The topological polar surface area (TPSA) is 76.7 Å². The number of carbonyl (C=O) groups excluding carboxylic acids is 2. The van der Waals surface area contributed by atoms with E-state index in [9.17, 15) is 9.59 Å². The highest BCUT2D eigenvalue weighted by Crippen LogP contribution is 2.31. The van der Waals surface area contributed by atoms with Gasteiger partial charge in [-0.2, -0.15) is 0 Å². The summed E-state index contributed by atoms with van der Waals surface area (Å²) in [6, 6.07) is 28.3. The van der Waals surface area contributed by atoms with Gasteiger partial charge in [0.2, 0.25) is 0 Å². The number of benzene rings is 4. The number of para-hydroxylation sites is 1. The summed E-state index contributed by atoms with van der Waals surface area (Å²) in [4.78, 5) is 24.1. The number of ether oxygens (including phenoxy) is 2. The molecule has 0 spiro atoms. The molecule has 4 aromatic rings. The minimum absolute atomic E-state index is 0.188. The third kappa shape index (κ3) is 6.10. The van der Waals surface area contributed by atoms with Gasteiger partial charge in [-0.15, -0.1) is 0 Å². The summed E-state index contributed by atoms with van der Waals surface area (Å²) in [5.41, 5.74) is 4.98. The van der Waals surface area contributed by atoms with Crippen LogP contribution in [0.3, 0.4) is 0 Å². The zero-order valence-electron chi connectivity index (χ0n) is 20.3. The van der Waals surface area contributed by atoms with Gasteiger partial charge in [0.05, 0.1) is 18.4 Å². The predicted molar refractivity (Wildman–Crippen MR) is 141 cm³/mol. The van der Waals surface area contributed by atoms with E-state index < -0.39 is 0 Å². The van der Waals surface area contributed by atoms with E-state index in [1.165, 1.54) is 11.1 Å². The highest BCUT2D eigenvalue weighted by atomic mass is 16.5. The van der Waals surface area contributed by atoms with Crippen LogP contribution in [0, 0.1) is 0 Å². The maximum Gasteiger partial charge on any atom is 0.251 e. The zero-order valence-corrected chi connectivity index (χ0v) is 20.3. The summed E-state index contributed by atoms with van der Waals surface area (Å²) in [6.45, 7) is 0.412. The van der Waals surface area contributed by atoms with Crippen molar-refractivity contribution >= 4 is 17.9 Å². The minimum atomic E-state index is -0.188. The molecular formula is C30H28N2O4. The molecule has 0 unspecified atom stereocenters. The van der Waals surface area contributed by atoms with Crippen LogP contribution in [0.5, 0.6) is 17.2 Å². The smallest absolute Gasteiger partial charge is 0.251 e. The normalized spacial score (nSPS) is 10.4. The quantitative estimate of drug-likeness (QED) is 0.278. The number of rotatable bonds is 10. The molecule has 0 heterocycles. The van der Waals surface area contributed by atoms with Gasteiger partial charge in [0.15, 0.2) is 12.0 Å². The first-order valence-electron chi connectivity index (χ1n) is 11.6. The van der Waals surface area contributed by atoms with Gasteiger partial charge >= 0.3 is 0 Å². The second-order valence-corrected chi connectivity index (χ2v) is 8.25. The first-order chi connectivity index (χ1) is 17.6. The van der Waals surface area contributed by atoms with Crippen LogP contribution in [0.25, 0.3) is 0 Å². The Bertz CT molecular complexity index is 1350. The molecule has 182 valence electrons. The maximum atomic E-state index is 12.9. The third-order valence-electron chi connectivity index (χ3n) is 5.79. The van der Waals surface area contributed by atoms with E-state index in [4.69, 9.17) is 9.47 Å². The molecule has 1 amide bonds. The fourth-order valence-electron chi connectivity index (χ4n) is 3.86. The van der Waals surface area contributed by atoms with Crippen LogP contribution in [0.2, 0.25) is 0 Å². The maximum absolute atomic E-state index is 12.9. The van der Waals surface area contributed by atoms with E-state index in [0.717, 1.165) is 24.0 Å². The van der Waals surface area contributed by atoms with Crippen LogP contribution in [-0.2, 0) is 13.0 Å². The number of anilines is 1. The molecule has 0 saturated heterocycles. The van der Waals surface area contributed by atoms with E-state index in [2.05, 4.69) is 34.9 Å². The average Bonchev–Trinajstić information content (AvgIpc) is 2.93. The second kappa shape index (κ2) is 11.7. The van der Waals surface area contributed by atoms with Crippen molar-refractivity contribution in [3.8, 4) is 17.2 Å². The Morgan fingerprint density at radius 2 is 1.61 bits per heavy atom. The molecule has 4 rings (SSSR count). The number of carbonyl (C=O) groups is 2. The molecule has 4 aromatic carbocycles. The average molecular weight is 481 g/mol. The van der Waals surface area contributed by atoms with Gasteiger partial charge in [-0.3, -0.25) is 9.59 Å². The monoisotopic (exact) mass is 480 g/mol. The molecule has 0 atom stereocenters. The molecule has 0 aromatic heterocycles. The lowest BCUT2D eigenvalue weighted by Gasteiger charge is -2.14. The summed E-state index contributed by atoms with van der Waals surface area (Å²) in [6.07, 6.45) is 1.55. The van der Waals surface area contributed by atoms with Crippen molar-refractivity contribution in [3.63, 3.8) is 0 Å². The van der Waals surface area contributed by atoms with Gasteiger partial charge in [-0.05, 0) is 65.6 Å². The molecule has 0 aliphatic heterocycles. The minimum Gasteiger partial charge on any atom is -0.497 e. The molecule has 0 radical (unpaired) electrons. The van der Waals surface area contributed by atoms with Crippen LogP contribution in [0.4, 0.5) is 5.69 Å². The Balaban J connectivity index is 1.40. The lowest BCUT2D eigenvalue weighted by Crippen LogP contribution is -2.23. The SMILES string of the molecule is CNc1cc(C(=O)NCc2cccc(Cc3ccc(OC)cc3)c2)ccc1Oc1ccccc1C=O. The molecule has 0 bridgehead atoms. The summed E-state index contributed by atoms with van der Waals surface area (Å²) >= 11 is 0. The molecule has 0 aliphatic rings. The number of aldehydes is 1. The van der Waals surface area contributed by atoms with Gasteiger partial charge in [0.25, 0.3) is 5.91 Å². The third-order valence-corrected chi connectivity index (χ3v) is 5.79. The van der Waals surface area contributed by atoms with E-state index >= 15 is 0 Å². The van der Waals surface area contributed by atoms with E-state index in [1.807, 2.05) is 24.3 Å².